The first-order valence-corrected chi connectivity index (χ1v) is 6.99. The van der Waals surface area contributed by atoms with Gasteiger partial charge in [-0.05, 0) is 55.2 Å². The number of benzene rings is 2. The molecule has 2 heteroatoms. The minimum Gasteiger partial charge on any atom is -0.497 e. The van der Waals surface area contributed by atoms with Crippen molar-refractivity contribution in [3.8, 4) is 11.5 Å². The van der Waals surface area contributed by atoms with Gasteiger partial charge in [-0.15, -0.1) is 0 Å². The highest BCUT2D eigenvalue weighted by Crippen LogP contribution is 2.43. The third-order valence-electron chi connectivity index (χ3n) is 4.27. The highest BCUT2D eigenvalue weighted by molar-refractivity contribution is 5.56. The van der Waals surface area contributed by atoms with Crippen molar-refractivity contribution in [3.05, 3.63) is 58.1 Å². The van der Waals surface area contributed by atoms with E-state index >= 15 is 0 Å². The number of hydrogen-bond acceptors (Lipinski definition) is 2. The molecule has 0 saturated heterocycles. The Morgan fingerprint density at radius 3 is 2.65 bits per heavy atom. The summed E-state index contributed by atoms with van der Waals surface area (Å²) in [6.07, 6.45) is 0. The molecule has 1 aliphatic rings. The molecular weight excluding hydrogens is 248 g/mol. The molecule has 0 N–H and O–H groups in total. The van der Waals surface area contributed by atoms with E-state index in [4.69, 9.17) is 9.47 Å². The van der Waals surface area contributed by atoms with Crippen molar-refractivity contribution >= 4 is 0 Å². The smallest absolute Gasteiger partial charge is 0.126 e. The van der Waals surface area contributed by atoms with Crippen molar-refractivity contribution in [1.29, 1.82) is 0 Å². The molecule has 0 aliphatic carbocycles. The first kappa shape index (κ1) is 13.0. The Labute approximate surface area is 120 Å². The topological polar surface area (TPSA) is 18.5 Å². The summed E-state index contributed by atoms with van der Waals surface area (Å²) < 4.78 is 11.3. The molecule has 104 valence electrons. The maximum atomic E-state index is 5.99. The van der Waals surface area contributed by atoms with Crippen LogP contribution in [0.15, 0.2) is 30.3 Å². The molecule has 1 heterocycles. The van der Waals surface area contributed by atoms with Crippen molar-refractivity contribution < 1.29 is 9.47 Å². The number of fused-ring (bicyclic) bond motifs is 1. The highest BCUT2D eigenvalue weighted by Gasteiger charge is 2.29. The Morgan fingerprint density at radius 1 is 1.10 bits per heavy atom. The number of ether oxygens (including phenoxy) is 2. The van der Waals surface area contributed by atoms with Gasteiger partial charge in [0.1, 0.15) is 11.5 Å². The summed E-state index contributed by atoms with van der Waals surface area (Å²) >= 11 is 0. The average molecular weight is 268 g/mol. The average Bonchev–Trinajstić information content (AvgIpc) is 2.90. The molecule has 1 unspecified atom stereocenters. The van der Waals surface area contributed by atoms with Crippen LogP contribution in [0.4, 0.5) is 0 Å². The van der Waals surface area contributed by atoms with Crippen LogP contribution in [0.25, 0.3) is 0 Å². The molecule has 2 aromatic rings. The van der Waals surface area contributed by atoms with Crippen molar-refractivity contribution in [2.24, 2.45) is 0 Å². The van der Waals surface area contributed by atoms with Crippen LogP contribution in [0.1, 0.15) is 33.7 Å². The summed E-state index contributed by atoms with van der Waals surface area (Å²) in [5.74, 6) is 2.28. The fourth-order valence-electron chi connectivity index (χ4n) is 3.06. The second-order valence-electron chi connectivity index (χ2n) is 5.52. The van der Waals surface area contributed by atoms with Crippen LogP contribution in [-0.2, 0) is 0 Å². The maximum Gasteiger partial charge on any atom is 0.126 e. The quantitative estimate of drug-likeness (QED) is 0.814. The van der Waals surface area contributed by atoms with E-state index in [0.29, 0.717) is 12.5 Å². The van der Waals surface area contributed by atoms with Gasteiger partial charge in [0, 0.05) is 11.5 Å². The standard InChI is InChI=1S/C18H20O2/c1-11-8-12(2)17-16(10-20-18(17)13(11)3)14-6-5-7-15(9-14)19-4/h5-9,16H,10H2,1-4H3. The maximum absolute atomic E-state index is 5.99. The van der Waals surface area contributed by atoms with Gasteiger partial charge in [0.25, 0.3) is 0 Å². The third-order valence-corrected chi connectivity index (χ3v) is 4.27. The van der Waals surface area contributed by atoms with Gasteiger partial charge >= 0.3 is 0 Å². The van der Waals surface area contributed by atoms with Crippen LogP contribution in [0.2, 0.25) is 0 Å². The molecule has 1 aliphatic heterocycles. The van der Waals surface area contributed by atoms with Crippen LogP contribution in [0, 0.1) is 20.8 Å². The lowest BCUT2D eigenvalue weighted by atomic mass is 9.88. The van der Waals surface area contributed by atoms with Gasteiger partial charge in [-0.2, -0.15) is 0 Å². The van der Waals surface area contributed by atoms with Crippen LogP contribution in [-0.4, -0.2) is 13.7 Å². The van der Waals surface area contributed by atoms with Crippen LogP contribution in [0.5, 0.6) is 11.5 Å². The molecule has 0 radical (unpaired) electrons. The summed E-state index contributed by atoms with van der Waals surface area (Å²) in [6, 6.07) is 10.5. The Kier molecular flexibility index (Phi) is 3.17. The molecule has 0 aromatic heterocycles. The second-order valence-corrected chi connectivity index (χ2v) is 5.52. The lowest BCUT2D eigenvalue weighted by Crippen LogP contribution is -2.03. The summed E-state index contributed by atoms with van der Waals surface area (Å²) in [7, 11) is 1.71. The van der Waals surface area contributed by atoms with Crippen LogP contribution >= 0.6 is 0 Å². The second kappa shape index (κ2) is 4.86. The lowest BCUT2D eigenvalue weighted by molar-refractivity contribution is 0.340. The van der Waals surface area contributed by atoms with Crippen molar-refractivity contribution in [1.82, 2.24) is 0 Å². The number of methoxy groups -OCH3 is 1. The van der Waals surface area contributed by atoms with E-state index in [-0.39, 0.29) is 0 Å². The van der Waals surface area contributed by atoms with Gasteiger partial charge in [-0.1, -0.05) is 18.2 Å². The number of rotatable bonds is 2. The molecule has 0 spiro atoms. The molecule has 0 fully saturated rings. The largest absolute Gasteiger partial charge is 0.497 e. The SMILES string of the molecule is COc1cccc(C2COc3c(C)c(C)cc(C)c32)c1. The van der Waals surface area contributed by atoms with Gasteiger partial charge in [0.2, 0.25) is 0 Å². The summed E-state index contributed by atoms with van der Waals surface area (Å²) in [5.41, 5.74) is 6.47. The van der Waals surface area contributed by atoms with Gasteiger partial charge < -0.3 is 9.47 Å². The predicted molar refractivity (Wildman–Crippen MR) is 81.0 cm³/mol. The molecule has 2 aromatic carbocycles. The van der Waals surface area contributed by atoms with E-state index in [1.54, 1.807) is 7.11 Å². The molecular formula is C18H20O2. The Morgan fingerprint density at radius 2 is 1.90 bits per heavy atom. The monoisotopic (exact) mass is 268 g/mol. The molecule has 0 bridgehead atoms. The molecule has 0 amide bonds. The van der Waals surface area contributed by atoms with E-state index in [0.717, 1.165) is 11.5 Å². The first-order chi connectivity index (χ1) is 9.61. The van der Waals surface area contributed by atoms with Gasteiger partial charge in [0.05, 0.1) is 13.7 Å². The van der Waals surface area contributed by atoms with Crippen molar-refractivity contribution in [2.75, 3.05) is 13.7 Å². The minimum absolute atomic E-state index is 0.305. The fraction of sp³-hybridized carbons (Fsp3) is 0.333. The Bertz CT molecular complexity index is 659. The normalized spacial score (nSPS) is 16.7. The van der Waals surface area contributed by atoms with Crippen molar-refractivity contribution in [2.45, 2.75) is 26.7 Å². The molecule has 3 rings (SSSR count). The molecule has 2 nitrogen and oxygen atoms in total. The summed E-state index contributed by atoms with van der Waals surface area (Å²) in [5, 5.41) is 0. The predicted octanol–water partition coefficient (Wildman–Crippen LogP) is 4.14. The zero-order valence-electron chi connectivity index (χ0n) is 12.5. The zero-order chi connectivity index (χ0) is 14.3. The van der Waals surface area contributed by atoms with E-state index < -0.39 is 0 Å². The van der Waals surface area contributed by atoms with Crippen LogP contribution in [0.3, 0.4) is 0 Å². The Balaban J connectivity index is 2.11. The van der Waals surface area contributed by atoms with Gasteiger partial charge in [-0.3, -0.25) is 0 Å². The lowest BCUT2D eigenvalue weighted by Gasteiger charge is -2.14. The van der Waals surface area contributed by atoms with E-state index in [1.807, 2.05) is 12.1 Å². The van der Waals surface area contributed by atoms with Crippen molar-refractivity contribution in [3.63, 3.8) is 0 Å². The fourth-order valence-corrected chi connectivity index (χ4v) is 3.06. The Hall–Kier alpha value is -1.96. The van der Waals surface area contributed by atoms with Crippen LogP contribution < -0.4 is 9.47 Å². The number of hydrogen-bond donors (Lipinski definition) is 0. The minimum atomic E-state index is 0.305. The van der Waals surface area contributed by atoms with E-state index in [2.05, 4.69) is 39.0 Å². The van der Waals surface area contributed by atoms with Gasteiger partial charge in [0.15, 0.2) is 0 Å². The van der Waals surface area contributed by atoms with E-state index in [1.165, 1.54) is 27.8 Å². The highest BCUT2D eigenvalue weighted by atomic mass is 16.5. The molecule has 0 saturated carbocycles. The summed E-state index contributed by atoms with van der Waals surface area (Å²) in [6.45, 7) is 7.17. The zero-order valence-corrected chi connectivity index (χ0v) is 12.5. The first-order valence-electron chi connectivity index (χ1n) is 6.99. The summed E-state index contributed by atoms with van der Waals surface area (Å²) in [4.78, 5) is 0. The molecule has 1 atom stereocenters. The molecule has 20 heavy (non-hydrogen) atoms. The van der Waals surface area contributed by atoms with E-state index in [9.17, 15) is 0 Å². The number of aryl methyl sites for hydroxylation is 2. The van der Waals surface area contributed by atoms with Gasteiger partial charge in [-0.25, -0.2) is 0 Å². The third kappa shape index (κ3) is 1.96.